The molecule has 3 rings (SSSR count). The van der Waals surface area contributed by atoms with Crippen molar-refractivity contribution >= 4 is 17.4 Å². The fourth-order valence-electron chi connectivity index (χ4n) is 2.40. The van der Waals surface area contributed by atoms with Gasteiger partial charge in [0.05, 0.1) is 0 Å². The van der Waals surface area contributed by atoms with Crippen LogP contribution in [0.1, 0.15) is 17.7 Å². The highest BCUT2D eigenvalue weighted by Crippen LogP contribution is 2.30. The maximum Gasteiger partial charge on any atom is 0.405 e. The van der Waals surface area contributed by atoms with Crippen LogP contribution in [0.3, 0.4) is 0 Å². The highest BCUT2D eigenvalue weighted by Gasteiger charge is 2.28. The lowest BCUT2D eigenvalue weighted by atomic mass is 10.2. The Hall–Kier alpha value is -1.89. The van der Waals surface area contributed by atoms with Gasteiger partial charge in [0.15, 0.2) is 5.82 Å². The van der Waals surface area contributed by atoms with Crippen LogP contribution in [-0.4, -0.2) is 27.7 Å². The molecule has 0 saturated heterocycles. The SMILES string of the molecule is FC(F)(F)CNc1nc(-c2cc(Cl)ccn2)nc2c1CCC2. The zero-order chi connectivity index (χ0) is 15.7. The summed E-state index contributed by atoms with van der Waals surface area (Å²) < 4.78 is 37.3. The molecule has 0 aromatic carbocycles. The van der Waals surface area contributed by atoms with E-state index in [0.717, 1.165) is 24.1 Å². The topological polar surface area (TPSA) is 50.7 Å². The molecule has 0 atom stereocenters. The normalized spacial score (nSPS) is 14.0. The van der Waals surface area contributed by atoms with E-state index in [0.29, 0.717) is 17.1 Å². The Labute approximate surface area is 129 Å². The molecule has 2 heterocycles. The standard InChI is InChI=1S/C14H12ClF3N4/c15-8-4-5-19-11(6-8)13-21-10-3-1-2-9(10)12(22-13)20-7-14(16,17)18/h4-6H,1-3,7H2,(H,20,21,22). The predicted molar refractivity (Wildman–Crippen MR) is 76.8 cm³/mol. The second-order valence-electron chi connectivity index (χ2n) is 5.00. The number of hydrogen-bond acceptors (Lipinski definition) is 4. The fraction of sp³-hybridized carbons (Fsp3) is 0.357. The Morgan fingerprint density at radius 2 is 2.05 bits per heavy atom. The zero-order valence-electron chi connectivity index (χ0n) is 11.4. The maximum atomic E-state index is 12.4. The predicted octanol–water partition coefficient (Wildman–Crippen LogP) is 3.65. The molecule has 4 nitrogen and oxygen atoms in total. The van der Waals surface area contributed by atoms with Crippen molar-refractivity contribution < 1.29 is 13.2 Å². The number of anilines is 1. The number of rotatable bonds is 3. The van der Waals surface area contributed by atoms with Crippen molar-refractivity contribution in [2.45, 2.75) is 25.4 Å². The minimum Gasteiger partial charge on any atom is -0.361 e. The van der Waals surface area contributed by atoms with Gasteiger partial charge >= 0.3 is 6.18 Å². The van der Waals surface area contributed by atoms with Gasteiger partial charge in [-0.25, -0.2) is 9.97 Å². The molecule has 0 saturated carbocycles. The van der Waals surface area contributed by atoms with E-state index in [9.17, 15) is 13.2 Å². The van der Waals surface area contributed by atoms with Crippen LogP contribution in [-0.2, 0) is 12.8 Å². The number of aryl methyl sites for hydroxylation is 1. The van der Waals surface area contributed by atoms with Crippen molar-refractivity contribution in [3.63, 3.8) is 0 Å². The molecule has 0 fully saturated rings. The summed E-state index contributed by atoms with van der Waals surface area (Å²) in [6, 6.07) is 3.20. The third-order valence-electron chi connectivity index (χ3n) is 3.34. The number of nitrogens with one attached hydrogen (secondary N) is 1. The van der Waals surface area contributed by atoms with Gasteiger partial charge in [0, 0.05) is 22.5 Å². The number of fused-ring (bicyclic) bond motifs is 1. The van der Waals surface area contributed by atoms with Crippen molar-refractivity contribution in [2.24, 2.45) is 0 Å². The van der Waals surface area contributed by atoms with Gasteiger partial charge in [-0.2, -0.15) is 13.2 Å². The van der Waals surface area contributed by atoms with Crippen molar-refractivity contribution in [1.29, 1.82) is 0 Å². The van der Waals surface area contributed by atoms with Crippen LogP contribution in [0, 0.1) is 0 Å². The Morgan fingerprint density at radius 3 is 2.77 bits per heavy atom. The summed E-state index contributed by atoms with van der Waals surface area (Å²) in [7, 11) is 0. The first-order valence-electron chi connectivity index (χ1n) is 6.75. The highest BCUT2D eigenvalue weighted by molar-refractivity contribution is 6.30. The Morgan fingerprint density at radius 1 is 1.23 bits per heavy atom. The molecule has 0 amide bonds. The Kier molecular flexibility index (Phi) is 3.90. The van der Waals surface area contributed by atoms with Crippen molar-refractivity contribution in [1.82, 2.24) is 15.0 Å². The molecule has 8 heteroatoms. The molecule has 116 valence electrons. The van der Waals surface area contributed by atoms with E-state index < -0.39 is 12.7 Å². The first-order valence-corrected chi connectivity index (χ1v) is 7.12. The first-order chi connectivity index (χ1) is 10.4. The molecular formula is C14H12ClF3N4. The van der Waals surface area contributed by atoms with Gasteiger partial charge in [-0.1, -0.05) is 11.6 Å². The summed E-state index contributed by atoms with van der Waals surface area (Å²) in [6.07, 6.45) is -0.524. The van der Waals surface area contributed by atoms with Gasteiger partial charge in [-0.3, -0.25) is 4.98 Å². The molecule has 0 aliphatic heterocycles. The monoisotopic (exact) mass is 328 g/mol. The highest BCUT2D eigenvalue weighted by atomic mass is 35.5. The zero-order valence-corrected chi connectivity index (χ0v) is 12.2. The summed E-state index contributed by atoms with van der Waals surface area (Å²) in [5, 5.41) is 2.84. The third-order valence-corrected chi connectivity index (χ3v) is 3.58. The summed E-state index contributed by atoms with van der Waals surface area (Å²) in [5.74, 6) is 0.518. The lowest BCUT2D eigenvalue weighted by molar-refractivity contribution is -0.115. The van der Waals surface area contributed by atoms with Crippen molar-refractivity contribution in [3.8, 4) is 11.5 Å². The molecule has 1 aliphatic carbocycles. The van der Waals surface area contributed by atoms with Gasteiger partial charge in [-0.15, -0.1) is 0 Å². The fourth-order valence-corrected chi connectivity index (χ4v) is 2.56. The van der Waals surface area contributed by atoms with Gasteiger partial charge in [0.1, 0.15) is 18.1 Å². The molecule has 0 spiro atoms. The molecule has 0 bridgehead atoms. The van der Waals surface area contributed by atoms with E-state index in [4.69, 9.17) is 11.6 Å². The Bertz CT molecular complexity index is 703. The smallest absolute Gasteiger partial charge is 0.361 e. The number of pyridine rings is 1. The van der Waals surface area contributed by atoms with Crippen LogP contribution in [0.15, 0.2) is 18.3 Å². The van der Waals surface area contributed by atoms with E-state index in [1.54, 1.807) is 12.1 Å². The summed E-state index contributed by atoms with van der Waals surface area (Å²) in [4.78, 5) is 12.8. The van der Waals surface area contributed by atoms with Crippen LogP contribution in [0.25, 0.3) is 11.5 Å². The number of aromatic nitrogens is 3. The molecule has 0 radical (unpaired) electrons. The molecule has 22 heavy (non-hydrogen) atoms. The van der Waals surface area contributed by atoms with Crippen LogP contribution in [0.4, 0.5) is 19.0 Å². The molecule has 2 aromatic heterocycles. The van der Waals surface area contributed by atoms with E-state index >= 15 is 0 Å². The number of halogens is 4. The van der Waals surface area contributed by atoms with Crippen molar-refractivity contribution in [3.05, 3.63) is 34.6 Å². The summed E-state index contributed by atoms with van der Waals surface area (Å²) in [5.41, 5.74) is 1.98. The minimum atomic E-state index is -4.30. The lowest BCUT2D eigenvalue weighted by Crippen LogP contribution is -2.22. The van der Waals surface area contributed by atoms with Gasteiger partial charge in [0.25, 0.3) is 0 Å². The van der Waals surface area contributed by atoms with Crippen LogP contribution in [0.5, 0.6) is 0 Å². The average molecular weight is 329 g/mol. The van der Waals surface area contributed by atoms with Crippen LogP contribution >= 0.6 is 11.6 Å². The lowest BCUT2D eigenvalue weighted by Gasteiger charge is -2.13. The molecule has 0 unspecified atom stereocenters. The minimum absolute atomic E-state index is 0.233. The van der Waals surface area contributed by atoms with E-state index in [2.05, 4.69) is 20.3 Å². The van der Waals surface area contributed by atoms with E-state index in [-0.39, 0.29) is 11.6 Å². The number of hydrogen-bond donors (Lipinski definition) is 1. The largest absolute Gasteiger partial charge is 0.405 e. The average Bonchev–Trinajstić information content (AvgIpc) is 2.92. The molecule has 1 aliphatic rings. The van der Waals surface area contributed by atoms with E-state index in [1.807, 2.05) is 0 Å². The summed E-state index contributed by atoms with van der Waals surface area (Å²) in [6.45, 7) is -1.13. The van der Waals surface area contributed by atoms with Crippen LogP contribution in [0.2, 0.25) is 5.02 Å². The maximum absolute atomic E-state index is 12.4. The molecular weight excluding hydrogens is 317 g/mol. The van der Waals surface area contributed by atoms with Crippen molar-refractivity contribution in [2.75, 3.05) is 11.9 Å². The van der Waals surface area contributed by atoms with Gasteiger partial charge in [-0.05, 0) is 31.4 Å². The third kappa shape index (κ3) is 3.30. The second kappa shape index (κ2) is 5.72. The second-order valence-corrected chi connectivity index (χ2v) is 5.44. The number of nitrogens with zero attached hydrogens (tertiary/aromatic N) is 3. The quantitative estimate of drug-likeness (QED) is 0.934. The Balaban J connectivity index is 1.99. The summed E-state index contributed by atoms with van der Waals surface area (Å²) >= 11 is 5.91. The first kappa shape index (κ1) is 15.0. The molecule has 2 aromatic rings. The van der Waals surface area contributed by atoms with Crippen LogP contribution < -0.4 is 5.32 Å². The van der Waals surface area contributed by atoms with Gasteiger partial charge in [0.2, 0.25) is 0 Å². The van der Waals surface area contributed by atoms with Gasteiger partial charge < -0.3 is 5.32 Å². The molecule has 1 N–H and O–H groups in total. The number of alkyl halides is 3. The van der Waals surface area contributed by atoms with E-state index in [1.165, 1.54) is 6.20 Å².